The SMILES string of the molecule is CCOC(=O)C1=C(C(F)(F)F)NC(=S)N[C@H]1c1ccccc1OC(F)F. The number of alkyl halides is 5. The van der Waals surface area contributed by atoms with Crippen LogP contribution in [-0.4, -0.2) is 30.5 Å². The second-order valence-corrected chi connectivity index (χ2v) is 5.36. The number of hydrogen-bond donors (Lipinski definition) is 2. The Morgan fingerprint density at radius 2 is 1.96 bits per heavy atom. The van der Waals surface area contributed by atoms with Crippen molar-refractivity contribution in [3.8, 4) is 5.75 Å². The van der Waals surface area contributed by atoms with Gasteiger partial charge in [0.05, 0.1) is 18.2 Å². The van der Waals surface area contributed by atoms with Crippen LogP contribution in [0.2, 0.25) is 0 Å². The number of esters is 1. The fourth-order valence-electron chi connectivity index (χ4n) is 2.37. The molecule has 0 aliphatic carbocycles. The van der Waals surface area contributed by atoms with Gasteiger partial charge >= 0.3 is 18.8 Å². The molecule has 1 aliphatic rings. The van der Waals surface area contributed by atoms with Crippen LogP contribution in [0.15, 0.2) is 35.5 Å². The molecular formula is C15H13F5N2O3S. The number of halogens is 5. The summed E-state index contributed by atoms with van der Waals surface area (Å²) >= 11 is 4.77. The zero-order valence-electron chi connectivity index (χ0n) is 13.2. The second kappa shape index (κ2) is 7.85. The van der Waals surface area contributed by atoms with Crippen LogP contribution in [0.1, 0.15) is 18.5 Å². The third-order valence-electron chi connectivity index (χ3n) is 3.30. The van der Waals surface area contributed by atoms with Gasteiger partial charge in [-0.2, -0.15) is 22.0 Å². The molecule has 5 nitrogen and oxygen atoms in total. The minimum Gasteiger partial charge on any atom is -0.463 e. The predicted molar refractivity (Wildman–Crippen MR) is 84.4 cm³/mol. The number of rotatable bonds is 5. The van der Waals surface area contributed by atoms with Gasteiger partial charge in [0.2, 0.25) is 0 Å². The van der Waals surface area contributed by atoms with E-state index in [0.717, 1.165) is 6.07 Å². The number of hydrogen-bond acceptors (Lipinski definition) is 4. The monoisotopic (exact) mass is 396 g/mol. The van der Waals surface area contributed by atoms with Gasteiger partial charge in [-0.1, -0.05) is 18.2 Å². The van der Waals surface area contributed by atoms with Gasteiger partial charge in [-0.05, 0) is 25.2 Å². The van der Waals surface area contributed by atoms with E-state index in [-0.39, 0.29) is 12.2 Å². The van der Waals surface area contributed by atoms with Crippen LogP contribution in [0, 0.1) is 0 Å². The van der Waals surface area contributed by atoms with Crippen molar-refractivity contribution in [1.29, 1.82) is 0 Å². The third-order valence-corrected chi connectivity index (χ3v) is 3.52. The average Bonchev–Trinajstić information content (AvgIpc) is 2.53. The van der Waals surface area contributed by atoms with E-state index >= 15 is 0 Å². The molecule has 11 heteroatoms. The van der Waals surface area contributed by atoms with Gasteiger partial charge < -0.3 is 20.1 Å². The highest BCUT2D eigenvalue weighted by molar-refractivity contribution is 7.80. The molecule has 0 radical (unpaired) electrons. The Labute approximate surface area is 150 Å². The molecule has 0 amide bonds. The first-order valence-electron chi connectivity index (χ1n) is 7.24. The van der Waals surface area contributed by atoms with Crippen LogP contribution >= 0.6 is 12.2 Å². The minimum atomic E-state index is -4.95. The summed E-state index contributed by atoms with van der Waals surface area (Å²) in [7, 11) is 0. The quantitative estimate of drug-likeness (QED) is 0.453. The maximum absolute atomic E-state index is 13.4. The Hall–Kier alpha value is -2.43. The molecule has 0 saturated heterocycles. The van der Waals surface area contributed by atoms with Crippen molar-refractivity contribution in [2.24, 2.45) is 0 Å². The number of ether oxygens (including phenoxy) is 2. The molecule has 2 rings (SSSR count). The van der Waals surface area contributed by atoms with E-state index in [0.29, 0.717) is 0 Å². The van der Waals surface area contributed by atoms with E-state index in [1.54, 1.807) is 0 Å². The van der Waals surface area contributed by atoms with E-state index in [9.17, 15) is 26.7 Å². The molecule has 0 saturated carbocycles. The Morgan fingerprint density at radius 3 is 2.54 bits per heavy atom. The molecule has 0 bridgehead atoms. The summed E-state index contributed by atoms with van der Waals surface area (Å²) in [6.07, 6.45) is -4.95. The zero-order valence-corrected chi connectivity index (χ0v) is 14.0. The summed E-state index contributed by atoms with van der Waals surface area (Å²) in [6, 6.07) is 3.66. The highest BCUT2D eigenvalue weighted by Crippen LogP contribution is 2.38. The molecule has 0 aromatic heterocycles. The maximum Gasteiger partial charge on any atom is 0.431 e. The van der Waals surface area contributed by atoms with Gasteiger partial charge in [-0.3, -0.25) is 0 Å². The molecule has 1 atom stereocenters. The van der Waals surface area contributed by atoms with Gasteiger partial charge in [-0.15, -0.1) is 0 Å². The molecule has 0 unspecified atom stereocenters. The Morgan fingerprint density at radius 1 is 1.31 bits per heavy atom. The summed E-state index contributed by atoms with van der Waals surface area (Å²) in [5, 5.41) is 3.94. The molecule has 0 spiro atoms. The lowest BCUT2D eigenvalue weighted by Gasteiger charge is -2.32. The van der Waals surface area contributed by atoms with Crippen LogP contribution in [0.3, 0.4) is 0 Å². The molecule has 1 aromatic carbocycles. The fraction of sp³-hybridized carbons (Fsp3) is 0.333. The van der Waals surface area contributed by atoms with Crippen LogP contribution in [0.25, 0.3) is 0 Å². The Kier molecular flexibility index (Phi) is 6.01. The standard InChI is InChI=1S/C15H13F5N2O3S/c1-2-24-12(23)9-10(21-14(26)22-11(9)15(18,19)20)7-5-3-4-6-8(7)25-13(16)17/h3-6,10,13H,2H2,1H3,(H2,21,22,26)/t10-/m0/s1. The van der Waals surface area contributed by atoms with E-state index in [1.807, 2.05) is 5.32 Å². The molecular weight excluding hydrogens is 383 g/mol. The number of carbonyl (C=O) groups excluding carboxylic acids is 1. The first kappa shape index (κ1) is 19.9. The van der Waals surface area contributed by atoms with Crippen LogP contribution in [0.4, 0.5) is 22.0 Å². The highest BCUT2D eigenvalue weighted by atomic mass is 32.1. The van der Waals surface area contributed by atoms with Crippen LogP contribution < -0.4 is 15.4 Å². The van der Waals surface area contributed by atoms with Crippen molar-refractivity contribution < 1.29 is 36.2 Å². The van der Waals surface area contributed by atoms with Crippen molar-refractivity contribution >= 4 is 23.3 Å². The Balaban J connectivity index is 2.65. The van der Waals surface area contributed by atoms with Crippen molar-refractivity contribution in [2.45, 2.75) is 25.8 Å². The molecule has 2 N–H and O–H groups in total. The number of nitrogens with one attached hydrogen (secondary N) is 2. The van der Waals surface area contributed by atoms with Crippen molar-refractivity contribution in [1.82, 2.24) is 10.6 Å². The van der Waals surface area contributed by atoms with Crippen molar-refractivity contribution in [3.63, 3.8) is 0 Å². The molecule has 1 heterocycles. The fourth-order valence-corrected chi connectivity index (χ4v) is 2.59. The molecule has 26 heavy (non-hydrogen) atoms. The summed E-state index contributed by atoms with van der Waals surface area (Å²) in [5.41, 5.74) is -2.38. The van der Waals surface area contributed by atoms with Gasteiger partial charge in [-0.25, -0.2) is 4.79 Å². The average molecular weight is 396 g/mol. The molecule has 142 valence electrons. The second-order valence-electron chi connectivity index (χ2n) is 4.95. The van der Waals surface area contributed by atoms with Gasteiger partial charge in [0.1, 0.15) is 11.4 Å². The van der Waals surface area contributed by atoms with E-state index < -0.39 is 46.9 Å². The van der Waals surface area contributed by atoms with Crippen LogP contribution in [0.5, 0.6) is 5.75 Å². The lowest BCUT2D eigenvalue weighted by molar-refractivity contribution is -0.140. The molecule has 1 aliphatic heterocycles. The first-order valence-corrected chi connectivity index (χ1v) is 7.65. The summed E-state index contributed by atoms with van der Waals surface area (Å²) in [6.45, 7) is -1.97. The Bertz CT molecular complexity index is 736. The minimum absolute atomic E-state index is 0.124. The van der Waals surface area contributed by atoms with Crippen molar-refractivity contribution in [3.05, 3.63) is 41.1 Å². The first-order chi connectivity index (χ1) is 12.1. The number of thiocarbonyl (C=S) groups is 1. The largest absolute Gasteiger partial charge is 0.463 e. The lowest BCUT2D eigenvalue weighted by atomic mass is 9.94. The number of para-hydroxylation sites is 1. The summed E-state index contributed by atoms with van der Waals surface area (Å²) in [4.78, 5) is 12.2. The van der Waals surface area contributed by atoms with E-state index in [2.05, 4.69) is 10.1 Å². The molecule has 1 aromatic rings. The number of benzene rings is 1. The maximum atomic E-state index is 13.4. The molecule has 0 fully saturated rings. The third kappa shape index (κ3) is 4.40. The van der Waals surface area contributed by atoms with E-state index in [4.69, 9.17) is 17.0 Å². The van der Waals surface area contributed by atoms with Crippen molar-refractivity contribution in [2.75, 3.05) is 6.61 Å². The van der Waals surface area contributed by atoms with Crippen LogP contribution in [-0.2, 0) is 9.53 Å². The highest BCUT2D eigenvalue weighted by Gasteiger charge is 2.45. The normalized spacial score (nSPS) is 17.7. The van der Waals surface area contributed by atoms with Gasteiger partial charge in [0.15, 0.2) is 5.11 Å². The predicted octanol–water partition coefficient (Wildman–Crippen LogP) is 3.19. The summed E-state index contributed by atoms with van der Waals surface area (Å²) < 4.78 is 74.5. The zero-order chi connectivity index (χ0) is 19.5. The number of carbonyl (C=O) groups is 1. The number of allylic oxidation sites excluding steroid dienone is 1. The smallest absolute Gasteiger partial charge is 0.431 e. The summed E-state index contributed by atoms with van der Waals surface area (Å²) in [5.74, 6) is -1.66. The lowest BCUT2D eigenvalue weighted by Crippen LogP contribution is -2.49. The van der Waals surface area contributed by atoms with Gasteiger partial charge in [0, 0.05) is 5.56 Å². The van der Waals surface area contributed by atoms with E-state index in [1.165, 1.54) is 25.1 Å². The topological polar surface area (TPSA) is 59.6 Å². The van der Waals surface area contributed by atoms with Gasteiger partial charge in [0.25, 0.3) is 0 Å².